The summed E-state index contributed by atoms with van der Waals surface area (Å²) < 4.78 is 5.01. The second kappa shape index (κ2) is 6.89. The first-order valence-corrected chi connectivity index (χ1v) is 6.95. The minimum atomic E-state index is -0.566. The van der Waals surface area contributed by atoms with Gasteiger partial charge in [0.15, 0.2) is 0 Å². The maximum absolute atomic E-state index is 12.1. The van der Waals surface area contributed by atoms with Crippen molar-refractivity contribution < 1.29 is 14.3 Å². The van der Waals surface area contributed by atoms with E-state index in [0.717, 1.165) is 24.8 Å². The number of rotatable bonds is 5. The molecule has 0 aromatic heterocycles. The lowest BCUT2D eigenvalue weighted by atomic mass is 10.1. The van der Waals surface area contributed by atoms with Crippen LogP contribution in [0.15, 0.2) is 42.5 Å². The van der Waals surface area contributed by atoms with Gasteiger partial charge in [-0.25, -0.2) is 9.69 Å². The average molecular weight is 273 g/mol. The molecule has 1 aromatic carbocycles. The molecule has 1 atom stereocenters. The molecule has 0 aliphatic carbocycles. The molecule has 0 bridgehead atoms. The zero-order valence-electron chi connectivity index (χ0n) is 11.6. The summed E-state index contributed by atoms with van der Waals surface area (Å²) in [4.78, 5) is 25.1. The minimum Gasteiger partial charge on any atom is -0.446 e. The van der Waals surface area contributed by atoms with Crippen molar-refractivity contribution in [2.24, 2.45) is 0 Å². The van der Waals surface area contributed by atoms with E-state index in [1.807, 2.05) is 36.4 Å². The van der Waals surface area contributed by atoms with E-state index < -0.39 is 6.09 Å². The Hall–Kier alpha value is -2.10. The number of ether oxygens (including phenoxy) is 1. The number of amides is 2. The summed E-state index contributed by atoms with van der Waals surface area (Å²) in [6.07, 6.45) is 5.69. The van der Waals surface area contributed by atoms with E-state index in [4.69, 9.17) is 4.74 Å². The van der Waals surface area contributed by atoms with Crippen molar-refractivity contribution in [1.82, 2.24) is 4.90 Å². The number of carbonyl (C=O) groups is 2. The van der Waals surface area contributed by atoms with Gasteiger partial charge in [0.25, 0.3) is 5.91 Å². The van der Waals surface area contributed by atoms with Gasteiger partial charge in [-0.2, -0.15) is 0 Å². The fourth-order valence-electron chi connectivity index (χ4n) is 2.17. The van der Waals surface area contributed by atoms with Gasteiger partial charge in [0, 0.05) is 0 Å². The molecule has 2 amide bonds. The number of hydrogen-bond acceptors (Lipinski definition) is 3. The van der Waals surface area contributed by atoms with E-state index in [-0.39, 0.29) is 18.6 Å². The maximum atomic E-state index is 12.1. The Morgan fingerprint density at radius 2 is 2.15 bits per heavy atom. The van der Waals surface area contributed by atoms with Crippen LogP contribution in [0.1, 0.15) is 37.8 Å². The van der Waals surface area contributed by atoms with Crippen LogP contribution in [0.5, 0.6) is 0 Å². The minimum absolute atomic E-state index is 0.220. The zero-order valence-corrected chi connectivity index (χ0v) is 11.6. The number of nitrogens with zero attached hydrogens (tertiary/aromatic N) is 1. The Balaban J connectivity index is 2.09. The molecular formula is C16H19NO3. The van der Waals surface area contributed by atoms with Crippen LogP contribution in [0, 0.1) is 0 Å². The number of allylic oxidation sites excluding steroid dienone is 1. The summed E-state index contributed by atoms with van der Waals surface area (Å²) >= 11 is 0. The lowest BCUT2D eigenvalue weighted by molar-refractivity contribution is -0.124. The molecule has 106 valence electrons. The summed E-state index contributed by atoms with van der Waals surface area (Å²) in [5.41, 5.74) is 0.911. The number of benzene rings is 1. The monoisotopic (exact) mass is 273 g/mol. The van der Waals surface area contributed by atoms with Gasteiger partial charge in [0.1, 0.15) is 12.6 Å². The molecule has 1 fully saturated rings. The van der Waals surface area contributed by atoms with Crippen molar-refractivity contribution in [3.63, 3.8) is 0 Å². The maximum Gasteiger partial charge on any atom is 0.417 e. The van der Waals surface area contributed by atoms with Crippen molar-refractivity contribution in [3.8, 4) is 0 Å². The molecule has 1 aliphatic heterocycles. The fourth-order valence-corrected chi connectivity index (χ4v) is 2.17. The number of hydrogen-bond donors (Lipinski definition) is 0. The van der Waals surface area contributed by atoms with Crippen LogP contribution >= 0.6 is 0 Å². The van der Waals surface area contributed by atoms with Crippen LogP contribution in [0.4, 0.5) is 4.79 Å². The molecular weight excluding hydrogens is 254 g/mol. The molecule has 1 aromatic rings. The van der Waals surface area contributed by atoms with Gasteiger partial charge in [0.05, 0.1) is 0 Å². The summed E-state index contributed by atoms with van der Waals surface area (Å²) in [6, 6.07) is 9.14. The van der Waals surface area contributed by atoms with Gasteiger partial charge >= 0.3 is 6.09 Å². The summed E-state index contributed by atoms with van der Waals surface area (Å²) in [5.74, 6) is -0.308. The van der Waals surface area contributed by atoms with Gasteiger partial charge in [-0.05, 0) is 18.1 Å². The quantitative estimate of drug-likeness (QED) is 0.609. The predicted molar refractivity (Wildman–Crippen MR) is 76.0 cm³/mol. The molecule has 1 heterocycles. The van der Waals surface area contributed by atoms with Crippen molar-refractivity contribution in [2.75, 3.05) is 6.61 Å². The van der Waals surface area contributed by atoms with Crippen LogP contribution in [0.3, 0.4) is 0 Å². The Kier molecular flexibility index (Phi) is 4.93. The first kappa shape index (κ1) is 14.3. The smallest absolute Gasteiger partial charge is 0.417 e. The van der Waals surface area contributed by atoms with Gasteiger partial charge in [-0.15, -0.1) is 0 Å². The fraction of sp³-hybridized carbons (Fsp3) is 0.375. The normalized spacial score (nSPS) is 18.6. The highest BCUT2D eigenvalue weighted by Crippen LogP contribution is 2.27. The molecule has 0 unspecified atom stereocenters. The van der Waals surface area contributed by atoms with Crippen LogP contribution < -0.4 is 0 Å². The van der Waals surface area contributed by atoms with E-state index >= 15 is 0 Å². The molecule has 0 N–H and O–H groups in total. The van der Waals surface area contributed by atoms with Crippen LogP contribution in [-0.2, 0) is 9.53 Å². The van der Waals surface area contributed by atoms with Gasteiger partial charge in [0.2, 0.25) is 0 Å². The highest BCUT2D eigenvalue weighted by Gasteiger charge is 2.37. The highest BCUT2D eigenvalue weighted by molar-refractivity contribution is 5.99. The Morgan fingerprint density at radius 1 is 1.40 bits per heavy atom. The van der Waals surface area contributed by atoms with Gasteiger partial charge in [-0.3, -0.25) is 4.79 Å². The SMILES string of the molecule is CCCC/C=C/C(=O)N1C(=O)OC[C@H]1c1ccccc1. The topological polar surface area (TPSA) is 46.6 Å². The second-order valence-electron chi connectivity index (χ2n) is 4.76. The summed E-state index contributed by atoms with van der Waals surface area (Å²) in [5, 5.41) is 0. The largest absolute Gasteiger partial charge is 0.446 e. The predicted octanol–water partition coefficient (Wildman–Crippen LogP) is 3.45. The van der Waals surface area contributed by atoms with Crippen molar-refractivity contribution in [3.05, 3.63) is 48.0 Å². The zero-order chi connectivity index (χ0) is 14.4. The van der Waals surface area contributed by atoms with E-state index in [0.29, 0.717) is 0 Å². The van der Waals surface area contributed by atoms with Crippen LogP contribution in [0.25, 0.3) is 0 Å². The van der Waals surface area contributed by atoms with Crippen molar-refractivity contribution in [2.45, 2.75) is 32.2 Å². The third-order valence-corrected chi connectivity index (χ3v) is 3.28. The molecule has 1 aliphatic rings. The third-order valence-electron chi connectivity index (χ3n) is 3.28. The van der Waals surface area contributed by atoms with Crippen molar-refractivity contribution >= 4 is 12.0 Å². The summed E-state index contributed by atoms with van der Waals surface area (Å²) in [7, 11) is 0. The molecule has 0 saturated carbocycles. The first-order chi connectivity index (χ1) is 9.74. The standard InChI is InChI=1S/C16H19NO3/c1-2-3-4-8-11-15(18)17-14(12-20-16(17)19)13-9-6-5-7-10-13/h5-11,14H,2-4,12H2,1H3/b11-8+/t14-/m0/s1. The van der Waals surface area contributed by atoms with Gasteiger partial charge in [-0.1, -0.05) is 56.2 Å². The Morgan fingerprint density at radius 3 is 2.85 bits per heavy atom. The average Bonchev–Trinajstić information content (AvgIpc) is 2.86. The van der Waals surface area contributed by atoms with E-state index in [9.17, 15) is 9.59 Å². The molecule has 4 heteroatoms. The van der Waals surface area contributed by atoms with Crippen LogP contribution in [0.2, 0.25) is 0 Å². The third kappa shape index (κ3) is 3.26. The highest BCUT2D eigenvalue weighted by atomic mass is 16.6. The molecule has 2 rings (SSSR count). The summed E-state index contributed by atoms with van der Waals surface area (Å²) in [6.45, 7) is 2.32. The van der Waals surface area contributed by atoms with Gasteiger partial charge < -0.3 is 4.74 Å². The number of unbranched alkanes of at least 4 members (excludes halogenated alkanes) is 2. The number of imide groups is 1. The first-order valence-electron chi connectivity index (χ1n) is 6.95. The molecule has 20 heavy (non-hydrogen) atoms. The Labute approximate surface area is 119 Å². The number of carbonyl (C=O) groups excluding carboxylic acids is 2. The lowest BCUT2D eigenvalue weighted by Crippen LogP contribution is -2.32. The molecule has 4 nitrogen and oxygen atoms in total. The molecule has 1 saturated heterocycles. The van der Waals surface area contributed by atoms with E-state index in [1.54, 1.807) is 0 Å². The van der Waals surface area contributed by atoms with E-state index in [1.165, 1.54) is 11.0 Å². The van der Waals surface area contributed by atoms with E-state index in [2.05, 4.69) is 6.92 Å². The van der Waals surface area contributed by atoms with Crippen LogP contribution in [-0.4, -0.2) is 23.5 Å². The molecule has 0 radical (unpaired) electrons. The van der Waals surface area contributed by atoms with Crippen molar-refractivity contribution in [1.29, 1.82) is 0 Å². The Bertz CT molecular complexity index is 496. The lowest BCUT2D eigenvalue weighted by Gasteiger charge is -2.18. The number of cyclic esters (lactones) is 1. The second-order valence-corrected chi connectivity index (χ2v) is 4.76. The molecule has 0 spiro atoms.